The number of H-pyrrole nitrogens is 1. The normalized spacial score (nSPS) is 8.50. The summed E-state index contributed by atoms with van der Waals surface area (Å²) < 4.78 is 4.22. The van der Waals surface area contributed by atoms with Crippen LogP contribution < -0.4 is 4.74 Å². The molecule has 0 amide bonds. The molecule has 4 nitrogen and oxygen atoms in total. The Hall–Kier alpha value is -1.32. The number of nitrogens with zero attached hydrogens (tertiary/aromatic N) is 1. The summed E-state index contributed by atoms with van der Waals surface area (Å²) in [7, 11) is 0. The van der Waals surface area contributed by atoms with E-state index < -0.39 is 0 Å². The maximum atomic E-state index is 9.48. The monoisotopic (exact) mass is 111 g/mol. The number of aromatic amines is 1. The Morgan fingerprint density at radius 2 is 2.75 bits per heavy atom. The van der Waals surface area contributed by atoms with Crippen molar-refractivity contribution in [3.05, 3.63) is 12.3 Å². The largest absolute Gasteiger partial charge is 0.424 e. The zero-order valence-electron chi connectivity index (χ0n) is 3.92. The molecule has 0 saturated heterocycles. The molecule has 0 bridgehead atoms. The standard InChI is InChI=1S/C4H3N2O2/c7-3-8-4-1-2-5-6-4/h1-2H,(H,5,6). The molecule has 0 aliphatic carbocycles. The molecule has 1 aromatic rings. The van der Waals surface area contributed by atoms with E-state index in [0.717, 1.165) is 0 Å². The van der Waals surface area contributed by atoms with Crippen LogP contribution in [0.5, 0.6) is 5.88 Å². The highest BCUT2D eigenvalue weighted by atomic mass is 16.5. The van der Waals surface area contributed by atoms with Gasteiger partial charge in [0.2, 0.25) is 5.88 Å². The van der Waals surface area contributed by atoms with Gasteiger partial charge in [0.1, 0.15) is 0 Å². The average molecular weight is 111 g/mol. The molecule has 1 N–H and O–H groups in total. The van der Waals surface area contributed by atoms with E-state index in [2.05, 4.69) is 14.9 Å². The molecule has 8 heavy (non-hydrogen) atoms. The van der Waals surface area contributed by atoms with Crippen LogP contribution in [0.3, 0.4) is 0 Å². The molecule has 1 heterocycles. The Balaban J connectivity index is 2.62. The van der Waals surface area contributed by atoms with Crippen LogP contribution >= 0.6 is 0 Å². The van der Waals surface area contributed by atoms with Crippen LogP contribution in [-0.4, -0.2) is 16.7 Å². The number of nitrogens with one attached hydrogen (secondary N) is 1. The molecule has 1 aromatic heterocycles. The molecule has 0 aromatic carbocycles. The fourth-order valence-electron chi connectivity index (χ4n) is 0.345. The molecular formula is C4H3N2O2. The van der Waals surface area contributed by atoms with Crippen LogP contribution in [0.4, 0.5) is 0 Å². The van der Waals surface area contributed by atoms with Crippen molar-refractivity contribution >= 4 is 6.47 Å². The van der Waals surface area contributed by atoms with Gasteiger partial charge in [0.25, 0.3) is 0 Å². The summed E-state index contributed by atoms with van der Waals surface area (Å²) in [6, 6.07) is 1.52. The number of hydrogen-bond acceptors (Lipinski definition) is 3. The molecule has 1 radical (unpaired) electrons. The highest BCUT2D eigenvalue weighted by molar-refractivity contribution is 5.43. The van der Waals surface area contributed by atoms with E-state index in [4.69, 9.17) is 0 Å². The summed E-state index contributed by atoms with van der Waals surface area (Å²) in [5, 5.41) is 5.92. The lowest BCUT2D eigenvalue weighted by molar-refractivity contribution is 0.432. The smallest absolute Gasteiger partial charge is 0.400 e. The molecule has 1 rings (SSSR count). The molecule has 0 atom stereocenters. The highest BCUT2D eigenvalue weighted by Crippen LogP contribution is 1.98. The first-order chi connectivity index (χ1) is 3.93. The van der Waals surface area contributed by atoms with Gasteiger partial charge in [-0.15, -0.1) is 0 Å². The SMILES string of the molecule is O=[C]Oc1ccn[nH]1. The number of aromatic nitrogens is 2. The Morgan fingerprint density at radius 1 is 1.88 bits per heavy atom. The van der Waals surface area contributed by atoms with E-state index in [1.807, 2.05) is 0 Å². The molecule has 0 aliphatic rings. The minimum absolute atomic E-state index is 0.306. The van der Waals surface area contributed by atoms with Crippen LogP contribution in [0, 0.1) is 0 Å². The topological polar surface area (TPSA) is 55.0 Å². The third-order valence-electron chi connectivity index (χ3n) is 0.627. The van der Waals surface area contributed by atoms with Crippen LogP contribution in [0.25, 0.3) is 0 Å². The van der Waals surface area contributed by atoms with Crippen molar-refractivity contribution < 1.29 is 9.53 Å². The number of carbonyl (C=O) groups excluding carboxylic acids is 1. The average Bonchev–Trinajstić information content (AvgIpc) is 2.19. The van der Waals surface area contributed by atoms with E-state index >= 15 is 0 Å². The third-order valence-corrected chi connectivity index (χ3v) is 0.627. The van der Waals surface area contributed by atoms with Gasteiger partial charge >= 0.3 is 6.47 Å². The van der Waals surface area contributed by atoms with Crippen molar-refractivity contribution in [2.45, 2.75) is 0 Å². The molecule has 0 unspecified atom stereocenters. The van der Waals surface area contributed by atoms with Gasteiger partial charge in [0.15, 0.2) is 0 Å². The second kappa shape index (κ2) is 2.11. The summed E-state index contributed by atoms with van der Waals surface area (Å²) in [4.78, 5) is 9.48. The Bertz CT molecular complexity index is 159. The zero-order chi connectivity index (χ0) is 5.82. The van der Waals surface area contributed by atoms with Crippen LogP contribution in [-0.2, 0) is 4.79 Å². The van der Waals surface area contributed by atoms with Gasteiger partial charge in [0.05, 0.1) is 6.20 Å². The summed E-state index contributed by atoms with van der Waals surface area (Å²) in [6.45, 7) is 1.25. The van der Waals surface area contributed by atoms with Gasteiger partial charge in [-0.3, -0.25) is 0 Å². The van der Waals surface area contributed by atoms with Crippen molar-refractivity contribution in [3.8, 4) is 5.88 Å². The Labute approximate surface area is 45.5 Å². The van der Waals surface area contributed by atoms with Crippen LogP contribution in [0.15, 0.2) is 12.3 Å². The van der Waals surface area contributed by atoms with Gasteiger partial charge in [-0.05, 0) is 0 Å². The van der Waals surface area contributed by atoms with Crippen molar-refractivity contribution in [1.82, 2.24) is 10.2 Å². The van der Waals surface area contributed by atoms with Crippen molar-refractivity contribution in [2.75, 3.05) is 0 Å². The lowest BCUT2D eigenvalue weighted by Crippen LogP contribution is -1.86. The fourth-order valence-corrected chi connectivity index (χ4v) is 0.345. The third kappa shape index (κ3) is 0.841. The fraction of sp³-hybridized carbons (Fsp3) is 0. The first-order valence-corrected chi connectivity index (χ1v) is 1.97. The van der Waals surface area contributed by atoms with Gasteiger partial charge in [-0.1, -0.05) is 0 Å². The summed E-state index contributed by atoms with van der Waals surface area (Å²) >= 11 is 0. The minimum Gasteiger partial charge on any atom is -0.400 e. The maximum Gasteiger partial charge on any atom is 0.424 e. The van der Waals surface area contributed by atoms with E-state index in [0.29, 0.717) is 5.88 Å². The van der Waals surface area contributed by atoms with E-state index in [-0.39, 0.29) is 0 Å². The lowest BCUT2D eigenvalue weighted by Gasteiger charge is -1.82. The lowest BCUT2D eigenvalue weighted by atomic mass is 10.7. The first-order valence-electron chi connectivity index (χ1n) is 1.97. The second-order valence-corrected chi connectivity index (χ2v) is 1.11. The Kier molecular flexibility index (Phi) is 1.27. The van der Waals surface area contributed by atoms with Crippen LogP contribution in [0.1, 0.15) is 0 Å². The molecular weight excluding hydrogens is 108 g/mol. The second-order valence-electron chi connectivity index (χ2n) is 1.11. The van der Waals surface area contributed by atoms with E-state index in [9.17, 15) is 4.79 Å². The van der Waals surface area contributed by atoms with Crippen molar-refractivity contribution in [3.63, 3.8) is 0 Å². The zero-order valence-corrected chi connectivity index (χ0v) is 3.92. The summed E-state index contributed by atoms with van der Waals surface area (Å²) in [5.74, 6) is 0.306. The molecule has 0 spiro atoms. The predicted octanol–water partition coefficient (Wildman–Crippen LogP) is -0.144. The minimum atomic E-state index is 0.306. The molecule has 0 fully saturated rings. The van der Waals surface area contributed by atoms with E-state index in [1.54, 1.807) is 0 Å². The number of hydrogen-bond donors (Lipinski definition) is 1. The van der Waals surface area contributed by atoms with Crippen LogP contribution in [0.2, 0.25) is 0 Å². The first kappa shape index (κ1) is 4.83. The number of rotatable bonds is 2. The van der Waals surface area contributed by atoms with Crippen molar-refractivity contribution in [2.24, 2.45) is 0 Å². The van der Waals surface area contributed by atoms with Gasteiger partial charge < -0.3 is 4.74 Å². The summed E-state index contributed by atoms with van der Waals surface area (Å²) in [6.07, 6.45) is 1.48. The molecule has 0 aliphatic heterocycles. The number of ether oxygens (including phenoxy) is 1. The molecule has 4 heteroatoms. The predicted molar refractivity (Wildman–Crippen MR) is 24.9 cm³/mol. The maximum absolute atomic E-state index is 9.48. The summed E-state index contributed by atoms with van der Waals surface area (Å²) in [5.41, 5.74) is 0. The van der Waals surface area contributed by atoms with Gasteiger partial charge in [-0.25, -0.2) is 9.89 Å². The van der Waals surface area contributed by atoms with Gasteiger partial charge in [0, 0.05) is 6.07 Å². The van der Waals surface area contributed by atoms with Gasteiger partial charge in [-0.2, -0.15) is 5.10 Å². The van der Waals surface area contributed by atoms with Crippen molar-refractivity contribution in [1.29, 1.82) is 0 Å². The Morgan fingerprint density at radius 3 is 3.25 bits per heavy atom. The molecule has 0 saturated carbocycles. The molecule has 41 valence electrons. The quantitative estimate of drug-likeness (QED) is 0.577. The van der Waals surface area contributed by atoms with E-state index in [1.165, 1.54) is 18.7 Å². The highest BCUT2D eigenvalue weighted by Gasteiger charge is 1.88.